The van der Waals surface area contributed by atoms with E-state index in [-0.39, 0.29) is 5.91 Å². The molecule has 0 bridgehead atoms. The number of hydrogen-bond donors (Lipinski definition) is 0. The Morgan fingerprint density at radius 1 is 0.951 bits per heavy atom. The van der Waals surface area contributed by atoms with Gasteiger partial charge in [-0.05, 0) is 67.2 Å². The number of benzene rings is 2. The highest BCUT2D eigenvalue weighted by Gasteiger charge is 2.52. The standard InChI is InChI=1S/C33H30N2O5S/c1-33(2,3)40-27(36)18-17-24-21-41-31-26(20-25-16-10-11-19-34-25)30(37)35(31)28(24)32(38)39-29(22-12-6-4-7-13-22)23-14-8-5-9-15-23/h4-21,28-29,31H,1-3H3/b18-17+,26-20-/t28-,31-/m1/s1. The molecule has 0 N–H and O–H groups in total. The summed E-state index contributed by atoms with van der Waals surface area (Å²) in [6.07, 6.45) is 5.52. The SMILES string of the molecule is CC(C)(C)OC(=O)/C=C/C1=CS[C@@H]2/C(=C\c3ccccn3)C(=O)N2[C@H]1C(=O)OC(c1ccccc1)c1ccccc1. The fourth-order valence-electron chi connectivity index (χ4n) is 4.60. The largest absolute Gasteiger partial charge is 0.457 e. The maximum Gasteiger partial charge on any atom is 0.334 e. The van der Waals surface area contributed by atoms with Gasteiger partial charge in [0, 0.05) is 12.3 Å². The molecule has 2 aromatic carbocycles. The molecule has 2 aliphatic rings. The predicted molar refractivity (Wildman–Crippen MR) is 158 cm³/mol. The zero-order valence-corrected chi connectivity index (χ0v) is 23.8. The third-order valence-electron chi connectivity index (χ3n) is 6.40. The summed E-state index contributed by atoms with van der Waals surface area (Å²) in [5, 5.41) is 1.40. The van der Waals surface area contributed by atoms with Crippen LogP contribution in [-0.2, 0) is 23.9 Å². The van der Waals surface area contributed by atoms with Crippen LogP contribution in [0.1, 0.15) is 43.7 Å². The number of thioether (sulfide) groups is 1. The number of hydrogen-bond acceptors (Lipinski definition) is 7. The van der Waals surface area contributed by atoms with Gasteiger partial charge in [-0.3, -0.25) is 9.78 Å². The summed E-state index contributed by atoms with van der Waals surface area (Å²) in [4.78, 5) is 45.7. The molecule has 5 rings (SSSR count). The topological polar surface area (TPSA) is 85.8 Å². The maximum absolute atomic E-state index is 14.0. The molecule has 3 heterocycles. The van der Waals surface area contributed by atoms with Gasteiger partial charge in [-0.15, -0.1) is 11.8 Å². The highest BCUT2D eigenvalue weighted by atomic mass is 32.2. The number of rotatable bonds is 7. The predicted octanol–water partition coefficient (Wildman–Crippen LogP) is 5.86. The number of nitrogens with zero attached hydrogens (tertiary/aromatic N) is 2. The zero-order chi connectivity index (χ0) is 29.0. The van der Waals surface area contributed by atoms with E-state index in [0.29, 0.717) is 16.8 Å². The number of ether oxygens (including phenoxy) is 2. The van der Waals surface area contributed by atoms with Crippen molar-refractivity contribution in [3.05, 3.63) is 131 Å². The molecule has 0 saturated carbocycles. The lowest BCUT2D eigenvalue weighted by molar-refractivity contribution is -0.158. The Kier molecular flexibility index (Phi) is 8.21. The number of carbonyl (C=O) groups is 3. The van der Waals surface area contributed by atoms with E-state index in [4.69, 9.17) is 9.47 Å². The molecule has 8 heteroatoms. The smallest absolute Gasteiger partial charge is 0.334 e. The minimum Gasteiger partial charge on any atom is -0.457 e. The van der Waals surface area contributed by atoms with E-state index < -0.39 is 35.1 Å². The molecular weight excluding hydrogens is 536 g/mol. The molecule has 0 unspecified atom stereocenters. The number of β-lactam (4-membered cyclic amide) rings is 1. The van der Waals surface area contributed by atoms with Gasteiger partial charge < -0.3 is 14.4 Å². The first kappa shape index (κ1) is 28.1. The molecule has 2 aliphatic heterocycles. The van der Waals surface area contributed by atoms with E-state index in [1.807, 2.05) is 72.8 Å². The number of amides is 1. The number of esters is 2. The van der Waals surface area contributed by atoms with Gasteiger partial charge in [-0.2, -0.15) is 0 Å². The summed E-state index contributed by atoms with van der Waals surface area (Å²) in [5.74, 6) is -1.43. The van der Waals surface area contributed by atoms with Crippen LogP contribution >= 0.6 is 11.8 Å². The highest BCUT2D eigenvalue weighted by Crippen LogP contribution is 2.45. The van der Waals surface area contributed by atoms with Gasteiger partial charge in [-0.1, -0.05) is 66.7 Å². The molecule has 0 radical (unpaired) electrons. The highest BCUT2D eigenvalue weighted by molar-refractivity contribution is 8.03. The lowest BCUT2D eigenvalue weighted by Crippen LogP contribution is -2.62. The van der Waals surface area contributed by atoms with Crippen LogP contribution < -0.4 is 0 Å². The van der Waals surface area contributed by atoms with Crippen molar-refractivity contribution in [3.8, 4) is 0 Å². The zero-order valence-electron chi connectivity index (χ0n) is 23.0. The number of aromatic nitrogens is 1. The van der Waals surface area contributed by atoms with Crippen LogP contribution in [0.2, 0.25) is 0 Å². The van der Waals surface area contributed by atoms with Gasteiger partial charge in [0.2, 0.25) is 0 Å². The summed E-state index contributed by atoms with van der Waals surface area (Å²) in [5.41, 5.74) is 2.59. The summed E-state index contributed by atoms with van der Waals surface area (Å²) >= 11 is 1.39. The van der Waals surface area contributed by atoms with Crippen LogP contribution in [-0.4, -0.2) is 44.7 Å². The van der Waals surface area contributed by atoms with E-state index in [1.54, 1.807) is 44.5 Å². The average Bonchev–Trinajstić information content (AvgIpc) is 2.97. The molecule has 1 aromatic heterocycles. The van der Waals surface area contributed by atoms with Crippen molar-refractivity contribution >= 4 is 35.7 Å². The van der Waals surface area contributed by atoms with E-state index in [1.165, 1.54) is 28.8 Å². The number of fused-ring (bicyclic) bond motifs is 1. The van der Waals surface area contributed by atoms with Crippen molar-refractivity contribution in [1.82, 2.24) is 9.88 Å². The fourth-order valence-corrected chi connectivity index (χ4v) is 5.76. The van der Waals surface area contributed by atoms with Crippen LogP contribution in [0.15, 0.2) is 114 Å². The minimum absolute atomic E-state index is 0.289. The Hall–Kier alpha value is -4.43. The van der Waals surface area contributed by atoms with Crippen molar-refractivity contribution in [3.63, 3.8) is 0 Å². The molecule has 1 fully saturated rings. The first-order chi connectivity index (χ1) is 19.7. The first-order valence-electron chi connectivity index (χ1n) is 13.2. The van der Waals surface area contributed by atoms with Gasteiger partial charge in [0.25, 0.3) is 5.91 Å². The quantitative estimate of drug-likeness (QED) is 0.201. The lowest BCUT2D eigenvalue weighted by atomic mass is 9.96. The van der Waals surface area contributed by atoms with Crippen molar-refractivity contribution in [2.45, 2.75) is 43.9 Å². The molecule has 1 saturated heterocycles. The van der Waals surface area contributed by atoms with Crippen molar-refractivity contribution in [2.75, 3.05) is 0 Å². The average molecular weight is 567 g/mol. The van der Waals surface area contributed by atoms with Gasteiger partial charge in [-0.25, -0.2) is 9.59 Å². The molecule has 41 heavy (non-hydrogen) atoms. The second kappa shape index (κ2) is 12.0. The summed E-state index contributed by atoms with van der Waals surface area (Å²) < 4.78 is 11.6. The second-order valence-corrected chi connectivity index (χ2v) is 11.5. The van der Waals surface area contributed by atoms with E-state index in [9.17, 15) is 14.4 Å². The first-order valence-corrected chi connectivity index (χ1v) is 14.2. The van der Waals surface area contributed by atoms with Gasteiger partial charge in [0.1, 0.15) is 11.0 Å². The van der Waals surface area contributed by atoms with Crippen LogP contribution in [0, 0.1) is 0 Å². The van der Waals surface area contributed by atoms with Crippen LogP contribution in [0.5, 0.6) is 0 Å². The third kappa shape index (κ3) is 6.49. The van der Waals surface area contributed by atoms with E-state index in [0.717, 1.165) is 11.1 Å². The summed E-state index contributed by atoms with van der Waals surface area (Å²) in [6, 6.07) is 23.3. The third-order valence-corrected chi connectivity index (χ3v) is 7.55. The fraction of sp³-hybridized carbons (Fsp3) is 0.212. The molecule has 1 amide bonds. The Bertz CT molecular complexity index is 1470. The normalized spacial score (nSPS) is 19.5. The summed E-state index contributed by atoms with van der Waals surface area (Å²) in [6.45, 7) is 5.34. The molecule has 0 aliphatic carbocycles. The van der Waals surface area contributed by atoms with Crippen molar-refractivity contribution in [1.29, 1.82) is 0 Å². The molecule has 208 valence electrons. The monoisotopic (exact) mass is 566 g/mol. The van der Waals surface area contributed by atoms with Gasteiger partial charge >= 0.3 is 11.9 Å². The lowest BCUT2D eigenvalue weighted by Gasteiger charge is -2.48. The van der Waals surface area contributed by atoms with Crippen molar-refractivity contribution < 1.29 is 23.9 Å². The molecular formula is C33H30N2O5S. The van der Waals surface area contributed by atoms with Crippen LogP contribution in [0.25, 0.3) is 6.08 Å². The van der Waals surface area contributed by atoms with Crippen LogP contribution in [0.3, 0.4) is 0 Å². The maximum atomic E-state index is 14.0. The van der Waals surface area contributed by atoms with E-state index in [2.05, 4.69) is 4.98 Å². The molecule has 2 atom stereocenters. The Morgan fingerprint density at radius 2 is 1.59 bits per heavy atom. The van der Waals surface area contributed by atoms with Gasteiger partial charge in [0.15, 0.2) is 12.1 Å². The number of carbonyl (C=O) groups excluding carboxylic acids is 3. The second-order valence-electron chi connectivity index (χ2n) is 10.6. The Morgan fingerprint density at radius 3 is 2.17 bits per heavy atom. The molecule has 7 nitrogen and oxygen atoms in total. The Balaban J connectivity index is 1.48. The van der Waals surface area contributed by atoms with Gasteiger partial charge in [0.05, 0.1) is 11.3 Å². The molecule has 0 spiro atoms. The number of pyridine rings is 1. The van der Waals surface area contributed by atoms with Crippen molar-refractivity contribution in [2.24, 2.45) is 0 Å². The summed E-state index contributed by atoms with van der Waals surface area (Å²) in [7, 11) is 0. The minimum atomic E-state index is -1.05. The Labute approximate surface area is 243 Å². The molecule has 3 aromatic rings. The van der Waals surface area contributed by atoms with E-state index >= 15 is 0 Å². The van der Waals surface area contributed by atoms with Crippen LogP contribution in [0.4, 0.5) is 0 Å².